The maximum absolute atomic E-state index is 11.5. The highest BCUT2D eigenvalue weighted by atomic mass is 16.5. The lowest BCUT2D eigenvalue weighted by atomic mass is 10.1. The van der Waals surface area contributed by atoms with Gasteiger partial charge in [0.25, 0.3) is 0 Å². The van der Waals surface area contributed by atoms with Crippen molar-refractivity contribution >= 4 is 11.9 Å². The van der Waals surface area contributed by atoms with Crippen LogP contribution in [-0.4, -0.2) is 25.5 Å². The number of amides is 1. The van der Waals surface area contributed by atoms with Crippen LogP contribution in [0, 0.1) is 0 Å². The van der Waals surface area contributed by atoms with E-state index in [0.717, 1.165) is 0 Å². The Kier molecular flexibility index (Phi) is 4.47. The van der Waals surface area contributed by atoms with E-state index in [1.807, 2.05) is 6.07 Å². The van der Waals surface area contributed by atoms with Gasteiger partial charge in [0.2, 0.25) is 5.91 Å². The fourth-order valence-corrected chi connectivity index (χ4v) is 1.15. The van der Waals surface area contributed by atoms with Crippen LogP contribution in [0.1, 0.15) is 11.6 Å². The lowest BCUT2D eigenvalue weighted by Crippen LogP contribution is -2.37. The monoisotopic (exact) mass is 222 g/mol. The Labute approximate surface area is 93.6 Å². The molecule has 1 aromatic rings. The lowest BCUT2D eigenvalue weighted by Gasteiger charge is -2.11. The highest BCUT2D eigenvalue weighted by Gasteiger charge is 2.15. The van der Waals surface area contributed by atoms with Crippen LogP contribution in [0.3, 0.4) is 0 Å². The fourth-order valence-electron chi connectivity index (χ4n) is 1.15. The van der Waals surface area contributed by atoms with Gasteiger partial charge in [-0.25, -0.2) is 0 Å². The van der Waals surface area contributed by atoms with Gasteiger partial charge in [-0.05, 0) is 5.56 Å². The van der Waals surface area contributed by atoms with Crippen LogP contribution in [0.25, 0.3) is 0 Å². The fraction of sp³-hybridized carbons (Fsp3) is 0.273. The van der Waals surface area contributed by atoms with E-state index in [-0.39, 0.29) is 6.54 Å². The molecule has 86 valence electrons. The van der Waals surface area contributed by atoms with E-state index >= 15 is 0 Å². The predicted octanol–water partition coefficient (Wildman–Crippen LogP) is -0.0244. The summed E-state index contributed by atoms with van der Waals surface area (Å²) in [6, 6.07) is 8.16. The molecular weight excluding hydrogens is 208 g/mol. The molecule has 0 aliphatic heterocycles. The van der Waals surface area contributed by atoms with Crippen molar-refractivity contribution in [3.8, 4) is 0 Å². The van der Waals surface area contributed by atoms with Gasteiger partial charge < -0.3 is 15.8 Å². The van der Waals surface area contributed by atoms with Gasteiger partial charge in [-0.3, -0.25) is 9.59 Å². The van der Waals surface area contributed by atoms with Gasteiger partial charge in [0, 0.05) is 0 Å². The Hall–Kier alpha value is -1.88. The molecule has 0 radical (unpaired) electrons. The van der Waals surface area contributed by atoms with Crippen molar-refractivity contribution in [1.82, 2.24) is 5.32 Å². The molecule has 0 spiro atoms. The summed E-state index contributed by atoms with van der Waals surface area (Å²) >= 11 is 0. The molecule has 0 fully saturated rings. The number of carbonyl (C=O) groups is 2. The summed E-state index contributed by atoms with van der Waals surface area (Å²) in [5, 5.41) is 2.39. The molecule has 0 unspecified atom stereocenters. The molecule has 5 nitrogen and oxygen atoms in total. The quantitative estimate of drug-likeness (QED) is 0.701. The molecule has 0 heterocycles. The van der Waals surface area contributed by atoms with E-state index in [4.69, 9.17) is 5.73 Å². The van der Waals surface area contributed by atoms with E-state index < -0.39 is 17.9 Å². The third-order valence-corrected chi connectivity index (χ3v) is 2.08. The summed E-state index contributed by atoms with van der Waals surface area (Å²) in [4.78, 5) is 22.3. The molecular formula is C11H14N2O3. The Bertz CT molecular complexity index is 365. The number of rotatable bonds is 4. The summed E-state index contributed by atoms with van der Waals surface area (Å²) < 4.78 is 4.39. The Morgan fingerprint density at radius 1 is 1.38 bits per heavy atom. The van der Waals surface area contributed by atoms with E-state index in [9.17, 15) is 9.59 Å². The number of nitrogens with one attached hydrogen (secondary N) is 1. The van der Waals surface area contributed by atoms with E-state index in [0.29, 0.717) is 5.56 Å². The average Bonchev–Trinajstić information content (AvgIpc) is 2.35. The highest BCUT2D eigenvalue weighted by Crippen LogP contribution is 2.08. The van der Waals surface area contributed by atoms with Gasteiger partial charge in [0.15, 0.2) is 0 Å². The number of ether oxygens (including phenoxy) is 1. The summed E-state index contributed by atoms with van der Waals surface area (Å²) in [6.45, 7) is -0.171. The van der Waals surface area contributed by atoms with Crippen LogP contribution in [0.5, 0.6) is 0 Å². The summed E-state index contributed by atoms with van der Waals surface area (Å²) in [5.41, 5.74) is 6.40. The number of carbonyl (C=O) groups excluding carboxylic acids is 2. The van der Waals surface area contributed by atoms with Gasteiger partial charge in [0.05, 0.1) is 7.11 Å². The largest absolute Gasteiger partial charge is 0.468 e. The second kappa shape index (κ2) is 5.87. The maximum Gasteiger partial charge on any atom is 0.325 e. The van der Waals surface area contributed by atoms with Crippen LogP contribution in [0.2, 0.25) is 0 Å². The molecule has 0 aromatic heterocycles. The van der Waals surface area contributed by atoms with E-state index in [2.05, 4.69) is 10.1 Å². The third kappa shape index (κ3) is 3.36. The number of benzene rings is 1. The minimum Gasteiger partial charge on any atom is -0.468 e. The first kappa shape index (κ1) is 12.2. The molecule has 16 heavy (non-hydrogen) atoms. The molecule has 0 aliphatic carbocycles. The summed E-state index contributed by atoms with van der Waals surface area (Å²) in [5.74, 6) is -0.912. The minimum atomic E-state index is -0.772. The van der Waals surface area contributed by atoms with Crippen molar-refractivity contribution in [2.24, 2.45) is 5.73 Å². The summed E-state index contributed by atoms with van der Waals surface area (Å²) in [6.07, 6.45) is 0. The normalized spacial score (nSPS) is 11.6. The van der Waals surface area contributed by atoms with Crippen molar-refractivity contribution in [2.75, 3.05) is 13.7 Å². The molecule has 0 aliphatic rings. The van der Waals surface area contributed by atoms with Crippen molar-refractivity contribution in [3.63, 3.8) is 0 Å². The van der Waals surface area contributed by atoms with Gasteiger partial charge >= 0.3 is 5.97 Å². The highest BCUT2D eigenvalue weighted by molar-refractivity contribution is 5.86. The van der Waals surface area contributed by atoms with Crippen LogP contribution in [0.15, 0.2) is 30.3 Å². The van der Waals surface area contributed by atoms with Crippen molar-refractivity contribution in [2.45, 2.75) is 6.04 Å². The molecule has 1 atom stereocenters. The van der Waals surface area contributed by atoms with Crippen molar-refractivity contribution < 1.29 is 14.3 Å². The van der Waals surface area contributed by atoms with Crippen molar-refractivity contribution in [1.29, 1.82) is 0 Å². The number of esters is 1. The Morgan fingerprint density at radius 3 is 2.56 bits per heavy atom. The minimum absolute atomic E-state index is 0.171. The van der Waals surface area contributed by atoms with Crippen molar-refractivity contribution in [3.05, 3.63) is 35.9 Å². The van der Waals surface area contributed by atoms with Gasteiger partial charge in [0.1, 0.15) is 12.6 Å². The molecule has 0 saturated heterocycles. The zero-order valence-corrected chi connectivity index (χ0v) is 8.97. The van der Waals surface area contributed by atoms with E-state index in [1.54, 1.807) is 24.3 Å². The average molecular weight is 222 g/mol. The number of hydrogen-bond acceptors (Lipinski definition) is 4. The number of nitrogens with two attached hydrogens (primary N) is 1. The molecule has 0 bridgehead atoms. The van der Waals surface area contributed by atoms with Gasteiger partial charge in [-0.15, -0.1) is 0 Å². The zero-order valence-electron chi connectivity index (χ0n) is 8.97. The second-order valence-corrected chi connectivity index (χ2v) is 3.18. The predicted molar refractivity (Wildman–Crippen MR) is 58.4 cm³/mol. The zero-order chi connectivity index (χ0) is 12.0. The first-order valence-electron chi connectivity index (χ1n) is 4.80. The molecule has 3 N–H and O–H groups in total. The molecule has 5 heteroatoms. The SMILES string of the molecule is COC(=O)CNC(=O)[C@H](N)c1ccccc1. The van der Waals surface area contributed by atoms with Crippen LogP contribution in [-0.2, 0) is 14.3 Å². The van der Waals surface area contributed by atoms with Gasteiger partial charge in [-0.2, -0.15) is 0 Å². The molecule has 1 aromatic carbocycles. The first-order valence-corrected chi connectivity index (χ1v) is 4.80. The first-order chi connectivity index (χ1) is 7.65. The Balaban J connectivity index is 2.52. The maximum atomic E-state index is 11.5. The smallest absolute Gasteiger partial charge is 0.325 e. The second-order valence-electron chi connectivity index (χ2n) is 3.18. The van der Waals surface area contributed by atoms with Gasteiger partial charge in [-0.1, -0.05) is 30.3 Å². The molecule has 0 saturated carbocycles. The Morgan fingerprint density at radius 2 is 2.00 bits per heavy atom. The molecule has 1 rings (SSSR count). The van der Waals surface area contributed by atoms with Crippen LogP contribution in [0.4, 0.5) is 0 Å². The standard InChI is InChI=1S/C11H14N2O3/c1-16-9(14)7-13-11(15)10(12)8-5-3-2-4-6-8/h2-6,10H,7,12H2,1H3,(H,13,15)/t10-/m1/s1. The summed E-state index contributed by atoms with van der Waals surface area (Å²) in [7, 11) is 1.26. The van der Waals surface area contributed by atoms with E-state index in [1.165, 1.54) is 7.11 Å². The van der Waals surface area contributed by atoms with Crippen LogP contribution >= 0.6 is 0 Å². The lowest BCUT2D eigenvalue weighted by molar-refractivity contribution is -0.141. The third-order valence-electron chi connectivity index (χ3n) is 2.08. The number of methoxy groups -OCH3 is 1. The topological polar surface area (TPSA) is 81.4 Å². The molecule has 1 amide bonds. The van der Waals surface area contributed by atoms with Crippen LogP contribution < -0.4 is 11.1 Å². The number of hydrogen-bond donors (Lipinski definition) is 2.